The summed E-state index contributed by atoms with van der Waals surface area (Å²) in [6, 6.07) is 5.42. The van der Waals surface area contributed by atoms with Crippen LogP contribution in [-0.4, -0.2) is 6.36 Å². The molecule has 2 nitrogen and oxygen atoms in total. The number of rotatable bonds is 2. The van der Waals surface area contributed by atoms with Crippen molar-refractivity contribution in [3.8, 4) is 5.75 Å². The highest BCUT2D eigenvalue weighted by molar-refractivity contribution is 5.85. The van der Waals surface area contributed by atoms with Gasteiger partial charge in [0.2, 0.25) is 0 Å². The number of halogens is 4. The molecule has 0 fully saturated rings. The van der Waals surface area contributed by atoms with Crippen molar-refractivity contribution in [2.75, 3.05) is 0 Å². The molecule has 0 aliphatic heterocycles. The van der Waals surface area contributed by atoms with E-state index >= 15 is 0 Å². The summed E-state index contributed by atoms with van der Waals surface area (Å²) in [6.07, 6.45) is -4.66. The van der Waals surface area contributed by atoms with E-state index in [0.29, 0.717) is 0 Å². The van der Waals surface area contributed by atoms with Crippen LogP contribution in [0.4, 0.5) is 13.2 Å². The van der Waals surface area contributed by atoms with E-state index in [0.717, 1.165) is 5.56 Å². The summed E-state index contributed by atoms with van der Waals surface area (Å²) in [5.41, 5.74) is 6.62. The van der Waals surface area contributed by atoms with E-state index in [2.05, 4.69) is 4.74 Å². The molecule has 0 unspecified atom stereocenters. The van der Waals surface area contributed by atoms with Gasteiger partial charge in [0.15, 0.2) is 0 Å². The molecule has 0 saturated heterocycles. The molecule has 0 aliphatic rings. The van der Waals surface area contributed by atoms with Gasteiger partial charge in [0, 0.05) is 6.04 Å². The molecule has 0 heterocycles. The molecule has 0 aliphatic carbocycles. The summed E-state index contributed by atoms with van der Waals surface area (Å²) >= 11 is 0. The number of hydrogen-bond donors (Lipinski definition) is 1. The van der Waals surface area contributed by atoms with Crippen molar-refractivity contribution in [1.29, 1.82) is 0 Å². The summed E-state index contributed by atoms with van der Waals surface area (Å²) in [5, 5.41) is 0. The van der Waals surface area contributed by atoms with Crippen LogP contribution in [0.25, 0.3) is 0 Å². The number of hydrogen-bond acceptors (Lipinski definition) is 2. The molecule has 0 spiro atoms. The zero-order valence-corrected chi connectivity index (χ0v) is 11.2. The summed E-state index contributed by atoms with van der Waals surface area (Å²) in [5.74, 6) is -0.234. The Kier molecular flexibility index (Phi) is 5.50. The molecule has 2 N–H and O–H groups in total. The fraction of sp³-hybridized carbons (Fsp3) is 0.500. The minimum Gasteiger partial charge on any atom is -0.406 e. The highest BCUT2D eigenvalue weighted by Gasteiger charge is 2.31. The van der Waals surface area contributed by atoms with Crippen molar-refractivity contribution >= 4 is 12.4 Å². The van der Waals surface area contributed by atoms with E-state index < -0.39 is 6.36 Å². The van der Waals surface area contributed by atoms with Crippen LogP contribution in [0.5, 0.6) is 5.75 Å². The molecule has 0 aromatic heterocycles. The minimum atomic E-state index is -4.66. The third kappa shape index (κ3) is 5.14. The molecule has 104 valence electrons. The van der Waals surface area contributed by atoms with Crippen LogP contribution in [-0.2, 0) is 0 Å². The molecule has 0 saturated carbocycles. The number of benzene rings is 1. The Bertz CT molecular complexity index is 370. The predicted octanol–water partition coefficient (Wildman–Crippen LogP) is 4.05. The fourth-order valence-corrected chi connectivity index (χ4v) is 1.38. The first kappa shape index (κ1) is 17.1. The molecular formula is C12H17ClF3NO. The number of nitrogens with two attached hydrogens (primary N) is 1. The molecular weight excluding hydrogens is 267 g/mol. The lowest BCUT2D eigenvalue weighted by atomic mass is 9.83. The maximum Gasteiger partial charge on any atom is 0.573 e. The number of alkyl halides is 3. The van der Waals surface area contributed by atoms with Crippen molar-refractivity contribution in [2.45, 2.75) is 33.2 Å². The summed E-state index contributed by atoms with van der Waals surface area (Å²) in [6.45, 7) is 5.91. The van der Waals surface area contributed by atoms with E-state index in [9.17, 15) is 13.2 Å². The SMILES string of the molecule is CC(C)(C)[C@@H](N)c1ccc(OC(F)(F)F)cc1.Cl. The third-order valence-corrected chi connectivity index (χ3v) is 2.41. The van der Waals surface area contributed by atoms with Crippen molar-refractivity contribution in [3.05, 3.63) is 29.8 Å². The van der Waals surface area contributed by atoms with E-state index in [-0.39, 0.29) is 29.6 Å². The van der Waals surface area contributed by atoms with E-state index in [1.54, 1.807) is 12.1 Å². The van der Waals surface area contributed by atoms with E-state index in [4.69, 9.17) is 5.73 Å². The van der Waals surface area contributed by atoms with Crippen molar-refractivity contribution in [3.63, 3.8) is 0 Å². The molecule has 0 bridgehead atoms. The van der Waals surface area contributed by atoms with Crippen LogP contribution in [0, 0.1) is 5.41 Å². The van der Waals surface area contributed by atoms with Gasteiger partial charge in [-0.2, -0.15) is 0 Å². The van der Waals surface area contributed by atoms with Gasteiger partial charge in [-0.05, 0) is 23.1 Å². The van der Waals surface area contributed by atoms with Crippen molar-refractivity contribution < 1.29 is 17.9 Å². The lowest BCUT2D eigenvalue weighted by molar-refractivity contribution is -0.274. The first-order valence-corrected chi connectivity index (χ1v) is 5.21. The standard InChI is InChI=1S/C12H16F3NO.ClH/c1-11(2,3)10(16)8-4-6-9(7-5-8)17-12(13,14)15;/h4-7,10H,16H2,1-3H3;1H/t10-;/m0./s1. The zero-order valence-electron chi connectivity index (χ0n) is 10.4. The van der Waals surface area contributed by atoms with Crippen LogP contribution in [0.1, 0.15) is 32.4 Å². The average Bonchev–Trinajstić information content (AvgIpc) is 2.14. The van der Waals surface area contributed by atoms with Crippen LogP contribution in [0.15, 0.2) is 24.3 Å². The summed E-state index contributed by atoms with van der Waals surface area (Å²) in [7, 11) is 0. The average molecular weight is 284 g/mol. The second-order valence-corrected chi connectivity index (χ2v) is 4.96. The molecule has 1 aromatic carbocycles. The topological polar surface area (TPSA) is 35.2 Å². The smallest absolute Gasteiger partial charge is 0.406 e. The summed E-state index contributed by atoms with van der Waals surface area (Å²) < 4.78 is 39.6. The van der Waals surface area contributed by atoms with Gasteiger partial charge < -0.3 is 10.5 Å². The second-order valence-electron chi connectivity index (χ2n) is 4.96. The van der Waals surface area contributed by atoms with Gasteiger partial charge >= 0.3 is 6.36 Å². The van der Waals surface area contributed by atoms with Gasteiger partial charge in [-0.1, -0.05) is 32.9 Å². The Hall–Kier alpha value is -0.940. The Morgan fingerprint density at radius 1 is 1.06 bits per heavy atom. The lowest BCUT2D eigenvalue weighted by Crippen LogP contribution is -2.26. The van der Waals surface area contributed by atoms with Gasteiger partial charge in [-0.15, -0.1) is 25.6 Å². The third-order valence-electron chi connectivity index (χ3n) is 2.41. The largest absolute Gasteiger partial charge is 0.573 e. The molecule has 1 atom stereocenters. The molecule has 1 aromatic rings. The zero-order chi connectivity index (χ0) is 13.3. The second kappa shape index (κ2) is 5.80. The van der Waals surface area contributed by atoms with Gasteiger partial charge in [-0.3, -0.25) is 0 Å². The Morgan fingerprint density at radius 2 is 1.50 bits per heavy atom. The van der Waals surface area contributed by atoms with E-state index in [1.807, 2.05) is 20.8 Å². The normalized spacial score (nSPS) is 13.7. The quantitative estimate of drug-likeness (QED) is 0.888. The fourth-order valence-electron chi connectivity index (χ4n) is 1.38. The monoisotopic (exact) mass is 283 g/mol. The van der Waals surface area contributed by atoms with Crippen LogP contribution in [0.3, 0.4) is 0 Å². The predicted molar refractivity (Wildman–Crippen MR) is 66.8 cm³/mol. The van der Waals surface area contributed by atoms with Crippen LogP contribution >= 0.6 is 12.4 Å². The Morgan fingerprint density at radius 3 is 1.83 bits per heavy atom. The highest BCUT2D eigenvalue weighted by atomic mass is 35.5. The van der Waals surface area contributed by atoms with Gasteiger partial charge in [0.25, 0.3) is 0 Å². The van der Waals surface area contributed by atoms with Gasteiger partial charge in [0.05, 0.1) is 0 Å². The summed E-state index contributed by atoms with van der Waals surface area (Å²) in [4.78, 5) is 0. The lowest BCUT2D eigenvalue weighted by Gasteiger charge is -2.27. The number of ether oxygens (including phenoxy) is 1. The molecule has 0 radical (unpaired) electrons. The van der Waals surface area contributed by atoms with Crippen molar-refractivity contribution in [2.24, 2.45) is 11.1 Å². The van der Waals surface area contributed by atoms with Crippen LogP contribution in [0.2, 0.25) is 0 Å². The first-order chi connectivity index (χ1) is 7.59. The van der Waals surface area contributed by atoms with Crippen LogP contribution < -0.4 is 10.5 Å². The van der Waals surface area contributed by atoms with Gasteiger partial charge in [-0.25, -0.2) is 0 Å². The first-order valence-electron chi connectivity index (χ1n) is 5.21. The highest BCUT2D eigenvalue weighted by Crippen LogP contribution is 2.31. The molecule has 0 amide bonds. The maximum atomic E-state index is 11.9. The molecule has 18 heavy (non-hydrogen) atoms. The molecule has 1 rings (SSSR count). The van der Waals surface area contributed by atoms with Crippen molar-refractivity contribution in [1.82, 2.24) is 0 Å². The van der Waals surface area contributed by atoms with E-state index in [1.165, 1.54) is 12.1 Å². The van der Waals surface area contributed by atoms with Gasteiger partial charge in [0.1, 0.15) is 5.75 Å². The minimum absolute atomic E-state index is 0. The molecule has 6 heteroatoms. The Balaban J connectivity index is 0.00000289. The maximum absolute atomic E-state index is 11.9. The Labute approximate surface area is 111 Å².